The van der Waals surface area contributed by atoms with Gasteiger partial charge in [-0.05, 0) is 23.6 Å². The molecule has 24 heavy (non-hydrogen) atoms. The molecule has 1 aromatic heterocycles. The van der Waals surface area contributed by atoms with Gasteiger partial charge in [0.25, 0.3) is 0 Å². The van der Waals surface area contributed by atoms with E-state index < -0.39 is 0 Å². The molecule has 0 atom stereocenters. The third-order valence-corrected chi connectivity index (χ3v) is 4.93. The number of anilines is 2. The second-order valence-corrected chi connectivity index (χ2v) is 6.94. The van der Waals surface area contributed by atoms with Crippen LogP contribution in [0.4, 0.5) is 15.6 Å². The second kappa shape index (κ2) is 7.00. The van der Waals surface area contributed by atoms with Crippen molar-refractivity contribution in [3.63, 3.8) is 0 Å². The van der Waals surface area contributed by atoms with E-state index in [4.69, 9.17) is 4.74 Å². The van der Waals surface area contributed by atoms with Crippen molar-refractivity contribution in [2.75, 3.05) is 23.4 Å². The van der Waals surface area contributed by atoms with Crippen molar-refractivity contribution in [3.8, 4) is 0 Å². The summed E-state index contributed by atoms with van der Waals surface area (Å²) in [6, 6.07) is 7.36. The van der Waals surface area contributed by atoms with Crippen molar-refractivity contribution in [3.05, 3.63) is 40.9 Å². The van der Waals surface area contributed by atoms with Crippen molar-refractivity contribution in [2.24, 2.45) is 0 Å². The summed E-state index contributed by atoms with van der Waals surface area (Å²) in [6.07, 6.45) is 1.74. The number of amides is 2. The molecular formula is C17H19N3O3S. The van der Waals surface area contributed by atoms with E-state index in [1.165, 1.54) is 11.3 Å². The first-order chi connectivity index (χ1) is 11.5. The molecule has 2 heterocycles. The molecule has 6 nitrogen and oxygen atoms in total. The van der Waals surface area contributed by atoms with Gasteiger partial charge >= 0.3 is 6.09 Å². The summed E-state index contributed by atoms with van der Waals surface area (Å²) >= 11 is 1.50. The summed E-state index contributed by atoms with van der Waals surface area (Å²) in [6.45, 7) is 5.16. The summed E-state index contributed by atoms with van der Waals surface area (Å²) in [5, 5.41) is 3.45. The number of hydrogen-bond donors (Lipinski definition) is 1. The average molecular weight is 345 g/mol. The van der Waals surface area contributed by atoms with Crippen LogP contribution in [0.1, 0.15) is 30.2 Å². The minimum atomic E-state index is -0.329. The number of carbonyl (C=O) groups excluding carboxylic acids is 2. The van der Waals surface area contributed by atoms with E-state index in [0.29, 0.717) is 24.2 Å². The van der Waals surface area contributed by atoms with Gasteiger partial charge in [-0.25, -0.2) is 9.78 Å². The van der Waals surface area contributed by atoms with Crippen LogP contribution in [-0.2, 0) is 16.0 Å². The highest BCUT2D eigenvalue weighted by Crippen LogP contribution is 2.25. The molecule has 1 aliphatic heterocycles. The molecule has 3 rings (SSSR count). The molecule has 2 amide bonds. The minimum Gasteiger partial charge on any atom is -0.447 e. The molecule has 126 valence electrons. The van der Waals surface area contributed by atoms with Crippen molar-refractivity contribution >= 4 is 34.2 Å². The number of thiazole rings is 1. The van der Waals surface area contributed by atoms with Gasteiger partial charge in [-0.1, -0.05) is 26.0 Å². The molecule has 0 unspecified atom stereocenters. The molecule has 7 heteroatoms. The van der Waals surface area contributed by atoms with Gasteiger partial charge in [0.15, 0.2) is 5.13 Å². The molecule has 2 aromatic rings. The number of aromatic nitrogens is 1. The Labute approximate surface area is 144 Å². The van der Waals surface area contributed by atoms with Gasteiger partial charge < -0.3 is 10.1 Å². The summed E-state index contributed by atoms with van der Waals surface area (Å²) in [7, 11) is 0. The predicted molar refractivity (Wildman–Crippen MR) is 93.7 cm³/mol. The standard InChI is InChI=1S/C17H19N3O3S/c1-11(2)14-10-18-16(24-14)19-15(21)9-12-3-5-13(6-4-12)20-7-8-23-17(20)22/h3-6,10-11H,7-9H2,1-2H3,(H,18,19,21). The predicted octanol–water partition coefficient (Wildman–Crippen LogP) is 3.40. The van der Waals surface area contributed by atoms with Crippen LogP contribution in [0.15, 0.2) is 30.5 Å². The maximum Gasteiger partial charge on any atom is 0.414 e. The van der Waals surface area contributed by atoms with Crippen LogP contribution in [0.2, 0.25) is 0 Å². The van der Waals surface area contributed by atoms with E-state index >= 15 is 0 Å². The van der Waals surface area contributed by atoms with Crippen LogP contribution in [0.25, 0.3) is 0 Å². The molecule has 0 radical (unpaired) electrons. The maximum atomic E-state index is 12.1. The Kier molecular flexibility index (Phi) is 4.80. The first kappa shape index (κ1) is 16.4. The molecular weight excluding hydrogens is 326 g/mol. The van der Waals surface area contributed by atoms with Crippen molar-refractivity contribution in [1.82, 2.24) is 4.98 Å². The first-order valence-electron chi connectivity index (χ1n) is 7.82. The molecule has 1 aliphatic rings. The fourth-order valence-electron chi connectivity index (χ4n) is 2.38. The fraction of sp³-hybridized carbons (Fsp3) is 0.353. The highest BCUT2D eigenvalue weighted by atomic mass is 32.1. The lowest BCUT2D eigenvalue weighted by atomic mass is 10.1. The van der Waals surface area contributed by atoms with Crippen molar-refractivity contribution < 1.29 is 14.3 Å². The molecule has 0 saturated carbocycles. The second-order valence-electron chi connectivity index (χ2n) is 5.88. The third kappa shape index (κ3) is 3.73. The van der Waals surface area contributed by atoms with E-state index in [1.54, 1.807) is 11.1 Å². The lowest BCUT2D eigenvalue weighted by Gasteiger charge is -2.12. The Morgan fingerprint density at radius 1 is 1.38 bits per heavy atom. The number of nitrogens with zero attached hydrogens (tertiary/aromatic N) is 2. The highest BCUT2D eigenvalue weighted by molar-refractivity contribution is 7.15. The zero-order valence-corrected chi connectivity index (χ0v) is 14.4. The van der Waals surface area contributed by atoms with Gasteiger partial charge in [0.2, 0.25) is 5.91 Å². The lowest BCUT2D eigenvalue weighted by molar-refractivity contribution is -0.115. The Balaban J connectivity index is 1.58. The molecule has 1 aromatic carbocycles. The minimum absolute atomic E-state index is 0.104. The Morgan fingerprint density at radius 3 is 2.71 bits per heavy atom. The Morgan fingerprint density at radius 2 is 2.12 bits per heavy atom. The monoisotopic (exact) mass is 345 g/mol. The number of ether oxygens (including phenoxy) is 1. The zero-order valence-electron chi connectivity index (χ0n) is 13.6. The van der Waals surface area contributed by atoms with Crippen LogP contribution in [0.3, 0.4) is 0 Å². The number of benzene rings is 1. The quantitative estimate of drug-likeness (QED) is 0.901. The molecule has 0 spiro atoms. The lowest BCUT2D eigenvalue weighted by Crippen LogP contribution is -2.23. The number of nitrogens with one attached hydrogen (secondary N) is 1. The molecule has 1 N–H and O–H groups in total. The average Bonchev–Trinajstić information content (AvgIpc) is 3.17. The number of carbonyl (C=O) groups is 2. The van der Waals surface area contributed by atoms with Gasteiger partial charge in [0.1, 0.15) is 6.61 Å². The number of cyclic esters (lactones) is 1. The van der Waals surface area contributed by atoms with Crippen LogP contribution in [0.5, 0.6) is 0 Å². The van der Waals surface area contributed by atoms with E-state index in [-0.39, 0.29) is 18.4 Å². The van der Waals surface area contributed by atoms with Crippen molar-refractivity contribution in [2.45, 2.75) is 26.2 Å². The normalized spacial score (nSPS) is 14.1. The van der Waals surface area contributed by atoms with Gasteiger partial charge in [0, 0.05) is 16.8 Å². The summed E-state index contributed by atoms with van der Waals surface area (Å²) in [5.74, 6) is 0.297. The van der Waals surface area contributed by atoms with Crippen LogP contribution < -0.4 is 10.2 Å². The molecule has 0 aliphatic carbocycles. The zero-order chi connectivity index (χ0) is 17.1. The van der Waals surface area contributed by atoms with Gasteiger partial charge in [-0.2, -0.15) is 0 Å². The molecule has 0 bridgehead atoms. The maximum absolute atomic E-state index is 12.1. The smallest absolute Gasteiger partial charge is 0.414 e. The van der Waals surface area contributed by atoms with Gasteiger partial charge in [-0.15, -0.1) is 11.3 Å². The van der Waals surface area contributed by atoms with Crippen LogP contribution in [0, 0.1) is 0 Å². The van der Waals surface area contributed by atoms with E-state index in [9.17, 15) is 9.59 Å². The topological polar surface area (TPSA) is 71.5 Å². The van der Waals surface area contributed by atoms with Crippen LogP contribution >= 0.6 is 11.3 Å². The highest BCUT2D eigenvalue weighted by Gasteiger charge is 2.23. The van der Waals surface area contributed by atoms with Gasteiger partial charge in [-0.3, -0.25) is 9.69 Å². The Bertz CT molecular complexity index is 740. The number of hydrogen-bond acceptors (Lipinski definition) is 5. The SMILES string of the molecule is CC(C)c1cnc(NC(=O)Cc2ccc(N3CCOC3=O)cc2)s1. The fourth-order valence-corrected chi connectivity index (χ4v) is 3.22. The summed E-state index contributed by atoms with van der Waals surface area (Å²) < 4.78 is 4.92. The van der Waals surface area contributed by atoms with Crippen molar-refractivity contribution in [1.29, 1.82) is 0 Å². The van der Waals surface area contributed by atoms with E-state index in [0.717, 1.165) is 16.1 Å². The molecule has 1 fully saturated rings. The largest absolute Gasteiger partial charge is 0.447 e. The Hall–Kier alpha value is -2.41. The van der Waals surface area contributed by atoms with Crippen LogP contribution in [-0.4, -0.2) is 30.1 Å². The third-order valence-electron chi connectivity index (χ3n) is 3.71. The van der Waals surface area contributed by atoms with E-state index in [1.807, 2.05) is 24.3 Å². The van der Waals surface area contributed by atoms with E-state index in [2.05, 4.69) is 24.1 Å². The van der Waals surface area contributed by atoms with Gasteiger partial charge in [0.05, 0.1) is 13.0 Å². The molecule has 1 saturated heterocycles. The first-order valence-corrected chi connectivity index (χ1v) is 8.63. The summed E-state index contributed by atoms with van der Waals surface area (Å²) in [4.78, 5) is 30.6. The summed E-state index contributed by atoms with van der Waals surface area (Å²) in [5.41, 5.74) is 1.66. The number of rotatable bonds is 5.